The van der Waals surface area contributed by atoms with Crippen LogP contribution in [0.5, 0.6) is 5.75 Å². The molecule has 1 aliphatic heterocycles. The number of piperidine rings is 1. The van der Waals surface area contributed by atoms with E-state index in [1.54, 1.807) is 12.1 Å². The summed E-state index contributed by atoms with van der Waals surface area (Å²) >= 11 is 0. The first-order valence-electron chi connectivity index (χ1n) is 8.12. The first kappa shape index (κ1) is 18.3. The van der Waals surface area contributed by atoms with Gasteiger partial charge < -0.3 is 14.6 Å². The topological polar surface area (TPSA) is 90.9 Å². The minimum absolute atomic E-state index is 0. The van der Waals surface area contributed by atoms with Gasteiger partial charge in [0.2, 0.25) is 5.82 Å². The summed E-state index contributed by atoms with van der Waals surface area (Å²) in [5, 5.41) is 15.5. The zero-order valence-corrected chi connectivity index (χ0v) is 14.7. The maximum absolute atomic E-state index is 13.1. The standard InChI is InChI=1S/C16H17FN6O2.ClH/c17-11-2-1-3-13(8-11)24-10-15-19-16(25-21-15)14-9-23(22-20-14)12-4-6-18-7-5-12;/h1-3,8-9,12,18H,4-7,10H2;1H. The van der Waals surface area contributed by atoms with Crippen LogP contribution in [0.25, 0.3) is 11.6 Å². The molecule has 1 fully saturated rings. The van der Waals surface area contributed by atoms with Gasteiger partial charge in [-0.05, 0) is 38.1 Å². The first-order valence-corrected chi connectivity index (χ1v) is 8.12. The number of rotatable bonds is 5. The van der Waals surface area contributed by atoms with Crippen LogP contribution in [0.4, 0.5) is 4.39 Å². The number of benzene rings is 1. The van der Waals surface area contributed by atoms with Crippen molar-refractivity contribution in [3.05, 3.63) is 42.1 Å². The fourth-order valence-electron chi connectivity index (χ4n) is 2.75. The third-order valence-electron chi connectivity index (χ3n) is 4.04. The van der Waals surface area contributed by atoms with Crippen LogP contribution in [-0.2, 0) is 6.61 Å². The Morgan fingerprint density at radius 1 is 1.31 bits per heavy atom. The van der Waals surface area contributed by atoms with E-state index in [1.165, 1.54) is 12.1 Å². The lowest BCUT2D eigenvalue weighted by Crippen LogP contribution is -2.29. The summed E-state index contributed by atoms with van der Waals surface area (Å²) in [4.78, 5) is 4.25. The molecule has 0 bridgehead atoms. The number of halogens is 2. The summed E-state index contributed by atoms with van der Waals surface area (Å²) in [7, 11) is 0. The number of ether oxygens (including phenoxy) is 1. The third kappa shape index (κ3) is 4.17. The molecule has 10 heteroatoms. The van der Waals surface area contributed by atoms with Gasteiger partial charge in [-0.3, -0.25) is 0 Å². The van der Waals surface area contributed by atoms with Gasteiger partial charge in [0.25, 0.3) is 5.89 Å². The zero-order chi connectivity index (χ0) is 17.1. The molecule has 138 valence electrons. The zero-order valence-electron chi connectivity index (χ0n) is 13.8. The molecule has 0 radical (unpaired) electrons. The van der Waals surface area contributed by atoms with Crippen LogP contribution in [0, 0.1) is 5.82 Å². The van der Waals surface area contributed by atoms with Crippen LogP contribution in [-0.4, -0.2) is 38.2 Å². The molecule has 1 N–H and O–H groups in total. The average Bonchev–Trinajstić information content (AvgIpc) is 3.30. The van der Waals surface area contributed by atoms with E-state index in [9.17, 15) is 4.39 Å². The van der Waals surface area contributed by atoms with Crippen molar-refractivity contribution in [3.8, 4) is 17.3 Å². The molecule has 3 aromatic rings. The molecule has 8 nitrogen and oxygen atoms in total. The minimum atomic E-state index is -0.360. The maximum Gasteiger partial charge on any atom is 0.280 e. The fraction of sp³-hybridized carbons (Fsp3) is 0.375. The molecule has 26 heavy (non-hydrogen) atoms. The van der Waals surface area contributed by atoms with Gasteiger partial charge in [-0.2, -0.15) is 4.98 Å². The normalized spacial score (nSPS) is 14.8. The molecule has 0 unspecified atom stereocenters. The molecule has 0 atom stereocenters. The summed E-state index contributed by atoms with van der Waals surface area (Å²) in [5.74, 6) is 0.692. The van der Waals surface area contributed by atoms with Gasteiger partial charge in [0, 0.05) is 6.07 Å². The first-order chi connectivity index (χ1) is 12.3. The lowest BCUT2D eigenvalue weighted by molar-refractivity contribution is 0.285. The Bertz CT molecular complexity index is 849. The van der Waals surface area contributed by atoms with Crippen LogP contribution in [0.15, 0.2) is 35.0 Å². The number of nitrogens with zero attached hydrogens (tertiary/aromatic N) is 5. The Morgan fingerprint density at radius 3 is 2.96 bits per heavy atom. The van der Waals surface area contributed by atoms with Crippen molar-refractivity contribution in [3.63, 3.8) is 0 Å². The summed E-state index contributed by atoms with van der Waals surface area (Å²) in [6.07, 6.45) is 3.85. The van der Waals surface area contributed by atoms with Crippen molar-refractivity contribution in [1.29, 1.82) is 0 Å². The summed E-state index contributed by atoms with van der Waals surface area (Å²) in [6, 6.07) is 6.22. The van der Waals surface area contributed by atoms with E-state index in [-0.39, 0.29) is 30.7 Å². The molecule has 0 spiro atoms. The second-order valence-electron chi connectivity index (χ2n) is 5.83. The van der Waals surface area contributed by atoms with Crippen molar-refractivity contribution >= 4 is 12.4 Å². The summed E-state index contributed by atoms with van der Waals surface area (Å²) in [6.45, 7) is 2.03. The van der Waals surface area contributed by atoms with E-state index in [0.717, 1.165) is 25.9 Å². The number of aromatic nitrogens is 5. The van der Waals surface area contributed by atoms with Crippen LogP contribution in [0.2, 0.25) is 0 Å². The summed E-state index contributed by atoms with van der Waals surface area (Å²) in [5.41, 5.74) is 0.531. The highest BCUT2D eigenvalue weighted by atomic mass is 35.5. The van der Waals surface area contributed by atoms with Gasteiger partial charge in [-0.25, -0.2) is 9.07 Å². The second-order valence-corrected chi connectivity index (χ2v) is 5.83. The minimum Gasteiger partial charge on any atom is -0.485 e. The average molecular weight is 381 g/mol. The van der Waals surface area contributed by atoms with Crippen LogP contribution < -0.4 is 10.1 Å². The molecule has 1 aliphatic rings. The van der Waals surface area contributed by atoms with E-state index in [4.69, 9.17) is 9.26 Å². The number of hydrogen-bond donors (Lipinski definition) is 1. The lowest BCUT2D eigenvalue weighted by atomic mass is 10.1. The Hall–Kier alpha value is -2.52. The fourth-order valence-corrected chi connectivity index (χ4v) is 2.75. The molecule has 2 aromatic heterocycles. The number of nitrogens with one attached hydrogen (secondary N) is 1. The molecule has 1 saturated heterocycles. The monoisotopic (exact) mass is 380 g/mol. The van der Waals surface area contributed by atoms with Gasteiger partial charge >= 0.3 is 0 Å². The van der Waals surface area contributed by atoms with Crippen LogP contribution in [0.1, 0.15) is 24.7 Å². The van der Waals surface area contributed by atoms with Crippen LogP contribution in [0.3, 0.4) is 0 Å². The maximum atomic E-state index is 13.1. The van der Waals surface area contributed by atoms with Gasteiger partial charge in [-0.15, -0.1) is 17.5 Å². The van der Waals surface area contributed by atoms with E-state index < -0.39 is 0 Å². The van der Waals surface area contributed by atoms with Crippen molar-refractivity contribution < 1.29 is 13.7 Å². The summed E-state index contributed by atoms with van der Waals surface area (Å²) < 4.78 is 25.6. The molecule has 4 rings (SSSR count). The predicted molar refractivity (Wildman–Crippen MR) is 92.4 cm³/mol. The lowest BCUT2D eigenvalue weighted by Gasteiger charge is -2.21. The van der Waals surface area contributed by atoms with E-state index in [0.29, 0.717) is 23.3 Å². The highest BCUT2D eigenvalue weighted by Gasteiger charge is 2.19. The highest BCUT2D eigenvalue weighted by molar-refractivity contribution is 5.85. The van der Waals surface area contributed by atoms with Crippen molar-refractivity contribution in [2.45, 2.75) is 25.5 Å². The van der Waals surface area contributed by atoms with Gasteiger partial charge in [0.05, 0.1) is 12.2 Å². The molecule has 0 amide bonds. The third-order valence-corrected chi connectivity index (χ3v) is 4.04. The van der Waals surface area contributed by atoms with Gasteiger partial charge in [-0.1, -0.05) is 16.4 Å². The quantitative estimate of drug-likeness (QED) is 0.726. The molecule has 0 saturated carbocycles. The Labute approximate surface area is 155 Å². The smallest absolute Gasteiger partial charge is 0.280 e. The van der Waals surface area contributed by atoms with E-state index in [1.807, 2.05) is 10.9 Å². The van der Waals surface area contributed by atoms with Crippen LogP contribution >= 0.6 is 12.4 Å². The Kier molecular flexibility index (Phi) is 5.79. The Balaban J connectivity index is 0.00000196. The molecular weight excluding hydrogens is 363 g/mol. The van der Waals surface area contributed by atoms with Gasteiger partial charge in [0.15, 0.2) is 12.3 Å². The predicted octanol–water partition coefficient (Wildman–Crippen LogP) is 2.39. The van der Waals surface area contributed by atoms with Gasteiger partial charge in [0.1, 0.15) is 11.6 Å². The Morgan fingerprint density at radius 2 is 2.15 bits per heavy atom. The van der Waals surface area contributed by atoms with Crippen molar-refractivity contribution in [1.82, 2.24) is 30.5 Å². The highest BCUT2D eigenvalue weighted by Crippen LogP contribution is 2.21. The molecule has 3 heterocycles. The van der Waals surface area contributed by atoms with E-state index in [2.05, 4.69) is 25.8 Å². The SMILES string of the molecule is Cl.Fc1cccc(OCc2noc(-c3cn(C4CCNCC4)nn3)n2)c1. The van der Waals surface area contributed by atoms with Crippen molar-refractivity contribution in [2.75, 3.05) is 13.1 Å². The van der Waals surface area contributed by atoms with E-state index >= 15 is 0 Å². The largest absolute Gasteiger partial charge is 0.485 e. The number of hydrogen-bond acceptors (Lipinski definition) is 7. The molecule has 1 aromatic carbocycles. The van der Waals surface area contributed by atoms with Crippen molar-refractivity contribution in [2.24, 2.45) is 0 Å². The molecular formula is C16H18ClFN6O2. The molecule has 0 aliphatic carbocycles. The second kappa shape index (κ2) is 8.24.